The lowest BCUT2D eigenvalue weighted by Crippen LogP contribution is -2.03. The van der Waals surface area contributed by atoms with E-state index in [9.17, 15) is 0 Å². The molecule has 1 aromatic carbocycles. The molecule has 2 aromatic rings. The van der Waals surface area contributed by atoms with Gasteiger partial charge in [0.1, 0.15) is 30.2 Å². The molecule has 0 aliphatic carbocycles. The number of rotatable bonds is 4. The second-order valence-corrected chi connectivity index (χ2v) is 3.77. The summed E-state index contributed by atoms with van der Waals surface area (Å²) >= 11 is 0. The van der Waals surface area contributed by atoms with Crippen molar-refractivity contribution >= 4 is 5.69 Å². The number of nitrogens with one attached hydrogen (secondary N) is 1. The van der Waals surface area contributed by atoms with Crippen molar-refractivity contribution in [3.63, 3.8) is 0 Å². The average molecular weight is 294 g/mol. The number of hydrogen-bond acceptors (Lipinski definition) is 9. The molecule has 0 aliphatic rings. The van der Waals surface area contributed by atoms with Gasteiger partial charge < -0.3 is 10.2 Å². The highest BCUT2D eigenvalue weighted by Gasteiger charge is 2.10. The number of tetrazole rings is 1. The molecule has 1 aromatic heterocycles. The van der Waals surface area contributed by atoms with Crippen LogP contribution < -0.4 is 10.2 Å². The van der Waals surface area contributed by atoms with Crippen LogP contribution in [0.25, 0.3) is 5.69 Å². The smallest absolute Gasteiger partial charge is 0.169 e. The molecular weight excluding hydrogens is 288 g/mol. The van der Waals surface area contributed by atoms with Crippen molar-refractivity contribution in [3.8, 4) is 29.6 Å². The van der Waals surface area contributed by atoms with E-state index >= 15 is 0 Å². The van der Waals surface area contributed by atoms with Crippen LogP contribution in [0.3, 0.4) is 0 Å². The molecule has 2 N–H and O–H groups in total. The highest BCUT2D eigenvalue weighted by atomic mass is 17.1. The molecule has 106 valence electrons. The van der Waals surface area contributed by atoms with E-state index < -0.39 is 0 Å². The fourth-order valence-electron chi connectivity index (χ4n) is 1.55. The lowest BCUT2D eigenvalue weighted by Gasteiger charge is -2.09. The van der Waals surface area contributed by atoms with E-state index in [4.69, 9.17) is 21.0 Å². The molecule has 0 atom stereocenters. The Morgan fingerprint density at radius 2 is 1.95 bits per heavy atom. The molecule has 0 fully saturated rings. The number of nitriles is 3. The Kier molecular flexibility index (Phi) is 4.26. The summed E-state index contributed by atoms with van der Waals surface area (Å²) in [5.41, 5.74) is 0.105. The first-order chi connectivity index (χ1) is 10.7. The Morgan fingerprint density at radius 3 is 2.50 bits per heavy atom. The van der Waals surface area contributed by atoms with Gasteiger partial charge in [0.15, 0.2) is 11.3 Å². The van der Waals surface area contributed by atoms with E-state index in [-0.39, 0.29) is 22.7 Å². The van der Waals surface area contributed by atoms with Gasteiger partial charge in [-0.3, -0.25) is 0 Å². The van der Waals surface area contributed by atoms with E-state index in [2.05, 4.69) is 25.7 Å². The van der Waals surface area contributed by atoms with Crippen molar-refractivity contribution < 1.29 is 10.1 Å². The molecule has 0 aliphatic heterocycles. The van der Waals surface area contributed by atoms with Gasteiger partial charge in [-0.05, 0) is 16.5 Å². The van der Waals surface area contributed by atoms with Gasteiger partial charge in [-0.15, -0.1) is 5.10 Å². The molecule has 1 heterocycles. The van der Waals surface area contributed by atoms with E-state index in [1.165, 1.54) is 29.2 Å². The van der Waals surface area contributed by atoms with Crippen LogP contribution in [0.4, 0.5) is 5.69 Å². The summed E-state index contributed by atoms with van der Waals surface area (Å²) in [5.74, 6) is 0.0447. The molecule has 10 heteroatoms. The van der Waals surface area contributed by atoms with Crippen molar-refractivity contribution in [1.82, 2.24) is 20.2 Å². The fraction of sp³-hybridized carbons (Fsp3) is 0. The maximum atomic E-state index is 9.01. The second-order valence-electron chi connectivity index (χ2n) is 3.77. The average Bonchev–Trinajstić information content (AvgIpc) is 3.09. The molecule has 2 rings (SSSR count). The van der Waals surface area contributed by atoms with Crippen LogP contribution in [-0.4, -0.2) is 25.5 Å². The molecule has 10 nitrogen and oxygen atoms in total. The third kappa shape index (κ3) is 2.96. The predicted octanol–water partition coefficient (Wildman–Crippen LogP) is 0.751. The van der Waals surface area contributed by atoms with E-state index in [0.29, 0.717) is 5.69 Å². The number of anilines is 1. The fourth-order valence-corrected chi connectivity index (χ4v) is 1.55. The normalized spacial score (nSPS) is 9.00. The Morgan fingerprint density at radius 1 is 1.18 bits per heavy atom. The Balaban J connectivity index is 2.47. The number of benzene rings is 1. The highest BCUT2D eigenvalue weighted by Crippen LogP contribution is 2.24. The SMILES string of the molecule is N#CC(C#N)=C(C#N)Nc1cc(OO)cc(-n2cnnn2)c1. The summed E-state index contributed by atoms with van der Waals surface area (Å²) in [7, 11) is 0. The minimum atomic E-state index is -0.373. The summed E-state index contributed by atoms with van der Waals surface area (Å²) in [6, 6.07) is 9.26. The minimum Gasteiger partial charge on any atom is -0.345 e. The Hall–Kier alpha value is -3.94. The number of nitrogens with zero attached hydrogens (tertiary/aromatic N) is 7. The Labute approximate surface area is 123 Å². The first-order valence-corrected chi connectivity index (χ1v) is 5.63. The van der Waals surface area contributed by atoms with Gasteiger partial charge in [0.05, 0.1) is 5.69 Å². The zero-order valence-corrected chi connectivity index (χ0v) is 10.8. The van der Waals surface area contributed by atoms with E-state index in [1.807, 2.05) is 0 Å². The van der Waals surface area contributed by atoms with Crippen LogP contribution in [0, 0.1) is 34.0 Å². The Bertz CT molecular complexity index is 819. The quantitative estimate of drug-likeness (QED) is 0.471. The molecular formula is C12H6N8O2. The molecule has 0 radical (unpaired) electrons. The monoisotopic (exact) mass is 294 g/mol. The van der Waals surface area contributed by atoms with Crippen LogP contribution >= 0.6 is 0 Å². The number of hydrogen-bond donors (Lipinski definition) is 2. The summed E-state index contributed by atoms with van der Waals surface area (Å²) < 4.78 is 1.29. The molecule has 22 heavy (non-hydrogen) atoms. The molecule has 0 spiro atoms. The predicted molar refractivity (Wildman–Crippen MR) is 69.9 cm³/mol. The largest absolute Gasteiger partial charge is 0.345 e. The number of allylic oxidation sites excluding steroid dienone is 2. The summed E-state index contributed by atoms with van der Waals surface area (Å²) in [4.78, 5) is 4.17. The maximum Gasteiger partial charge on any atom is 0.169 e. The molecule has 0 saturated carbocycles. The van der Waals surface area contributed by atoms with Gasteiger partial charge in [0.25, 0.3) is 0 Å². The van der Waals surface area contributed by atoms with Gasteiger partial charge >= 0.3 is 0 Å². The van der Waals surface area contributed by atoms with Crippen molar-refractivity contribution in [2.45, 2.75) is 0 Å². The van der Waals surface area contributed by atoms with Crippen molar-refractivity contribution in [2.24, 2.45) is 0 Å². The third-order valence-electron chi connectivity index (χ3n) is 2.47. The first kappa shape index (κ1) is 14.5. The zero-order valence-electron chi connectivity index (χ0n) is 10.8. The van der Waals surface area contributed by atoms with E-state index in [0.717, 1.165) is 0 Å². The molecule has 0 saturated heterocycles. The minimum absolute atomic E-state index is 0.0447. The maximum absolute atomic E-state index is 9.01. The highest BCUT2D eigenvalue weighted by molar-refractivity contribution is 5.63. The number of aromatic nitrogens is 4. The van der Waals surface area contributed by atoms with Crippen molar-refractivity contribution in [2.75, 3.05) is 5.32 Å². The van der Waals surface area contributed by atoms with Crippen LogP contribution in [0.2, 0.25) is 0 Å². The second kappa shape index (κ2) is 6.48. The summed E-state index contributed by atoms with van der Waals surface area (Å²) in [6.07, 6.45) is 1.32. The van der Waals surface area contributed by atoms with Crippen LogP contribution in [-0.2, 0) is 0 Å². The molecule has 0 unspecified atom stereocenters. The van der Waals surface area contributed by atoms with Gasteiger partial charge in [0.2, 0.25) is 0 Å². The molecule has 0 bridgehead atoms. The van der Waals surface area contributed by atoms with Crippen LogP contribution in [0.15, 0.2) is 35.8 Å². The van der Waals surface area contributed by atoms with Gasteiger partial charge in [0, 0.05) is 17.8 Å². The zero-order chi connectivity index (χ0) is 15.9. The van der Waals surface area contributed by atoms with Crippen LogP contribution in [0.1, 0.15) is 0 Å². The molecule has 0 amide bonds. The van der Waals surface area contributed by atoms with Gasteiger partial charge in [-0.25, -0.2) is 9.94 Å². The summed E-state index contributed by atoms with van der Waals surface area (Å²) in [6.45, 7) is 0. The standard InChI is InChI=1S/C12H6N8O2/c13-4-8(5-14)12(6-15)17-9-1-10(3-11(2-9)22-21)20-7-16-18-19-20/h1-3,7,17,21H. The van der Waals surface area contributed by atoms with E-state index in [1.54, 1.807) is 18.2 Å². The van der Waals surface area contributed by atoms with Gasteiger partial charge in [-0.2, -0.15) is 15.8 Å². The van der Waals surface area contributed by atoms with Crippen molar-refractivity contribution in [3.05, 3.63) is 35.8 Å². The summed E-state index contributed by atoms with van der Waals surface area (Å²) in [5, 5.41) is 48.6. The van der Waals surface area contributed by atoms with Crippen LogP contribution in [0.5, 0.6) is 5.75 Å². The topological polar surface area (TPSA) is 156 Å². The lowest BCUT2D eigenvalue weighted by atomic mass is 10.2. The van der Waals surface area contributed by atoms with Gasteiger partial charge in [-0.1, -0.05) is 0 Å². The van der Waals surface area contributed by atoms with Crippen molar-refractivity contribution in [1.29, 1.82) is 15.8 Å². The third-order valence-corrected chi connectivity index (χ3v) is 2.47. The first-order valence-electron chi connectivity index (χ1n) is 5.63. The lowest BCUT2D eigenvalue weighted by molar-refractivity contribution is -0.137.